The number of hydrogen-bond acceptors (Lipinski definition) is 3. The molecular weight excluding hydrogens is 326 g/mol. The molecule has 0 aliphatic heterocycles. The standard InChI is InChI=1S/C21H19N3O2/c1-24-13-12-16-17(8-5-9-18(16)24)23-20(25)10-11-21-22-14-19(26-21)15-6-3-2-4-7-15/h2-9,12-14H,10-11H2,1H3,(H,23,25). The van der Waals surface area contributed by atoms with Crippen LogP contribution in [-0.2, 0) is 18.3 Å². The maximum Gasteiger partial charge on any atom is 0.224 e. The summed E-state index contributed by atoms with van der Waals surface area (Å²) in [5.74, 6) is 1.23. The first-order valence-corrected chi connectivity index (χ1v) is 8.55. The van der Waals surface area contributed by atoms with Crippen molar-refractivity contribution in [1.29, 1.82) is 0 Å². The van der Waals surface area contributed by atoms with Crippen molar-refractivity contribution >= 4 is 22.5 Å². The topological polar surface area (TPSA) is 60.1 Å². The van der Waals surface area contributed by atoms with E-state index in [1.165, 1.54) is 0 Å². The first-order chi connectivity index (χ1) is 12.7. The van der Waals surface area contributed by atoms with Crippen molar-refractivity contribution in [3.8, 4) is 11.3 Å². The van der Waals surface area contributed by atoms with E-state index in [0.29, 0.717) is 18.7 Å². The van der Waals surface area contributed by atoms with Crippen LogP contribution in [0.4, 0.5) is 5.69 Å². The monoisotopic (exact) mass is 345 g/mol. The number of fused-ring (bicyclic) bond motifs is 1. The zero-order valence-electron chi connectivity index (χ0n) is 14.5. The zero-order valence-corrected chi connectivity index (χ0v) is 14.5. The second-order valence-electron chi connectivity index (χ2n) is 6.20. The highest BCUT2D eigenvalue weighted by Gasteiger charge is 2.11. The molecule has 130 valence electrons. The molecular formula is C21H19N3O2. The molecule has 2 aromatic heterocycles. The number of anilines is 1. The Morgan fingerprint density at radius 1 is 1.12 bits per heavy atom. The SMILES string of the molecule is Cn1ccc2c(NC(=O)CCc3ncc(-c4ccccc4)o3)cccc21. The van der Waals surface area contributed by atoms with Gasteiger partial charge in [0.2, 0.25) is 5.91 Å². The summed E-state index contributed by atoms with van der Waals surface area (Å²) in [7, 11) is 1.99. The molecule has 0 aliphatic carbocycles. The van der Waals surface area contributed by atoms with Crippen LogP contribution in [0.5, 0.6) is 0 Å². The summed E-state index contributed by atoms with van der Waals surface area (Å²) in [6.45, 7) is 0. The number of oxazole rings is 1. The predicted molar refractivity (Wildman–Crippen MR) is 102 cm³/mol. The molecule has 0 radical (unpaired) electrons. The number of benzene rings is 2. The summed E-state index contributed by atoms with van der Waals surface area (Å²) >= 11 is 0. The molecule has 0 saturated carbocycles. The third-order valence-corrected chi connectivity index (χ3v) is 4.38. The number of hydrogen-bond donors (Lipinski definition) is 1. The van der Waals surface area contributed by atoms with Gasteiger partial charge in [-0.3, -0.25) is 4.79 Å². The van der Waals surface area contributed by atoms with Crippen LogP contribution in [0.2, 0.25) is 0 Å². The lowest BCUT2D eigenvalue weighted by atomic mass is 10.2. The summed E-state index contributed by atoms with van der Waals surface area (Å²) in [5.41, 5.74) is 2.89. The summed E-state index contributed by atoms with van der Waals surface area (Å²) < 4.78 is 7.78. The lowest BCUT2D eigenvalue weighted by Gasteiger charge is -2.06. The lowest BCUT2D eigenvalue weighted by Crippen LogP contribution is -2.12. The molecule has 0 bridgehead atoms. The van der Waals surface area contributed by atoms with Crippen LogP contribution in [-0.4, -0.2) is 15.5 Å². The fourth-order valence-corrected chi connectivity index (χ4v) is 3.01. The number of carbonyl (C=O) groups is 1. The van der Waals surface area contributed by atoms with Gasteiger partial charge in [0, 0.05) is 42.6 Å². The molecule has 5 heteroatoms. The van der Waals surface area contributed by atoms with Gasteiger partial charge in [-0.25, -0.2) is 4.98 Å². The van der Waals surface area contributed by atoms with Crippen molar-refractivity contribution in [3.63, 3.8) is 0 Å². The van der Waals surface area contributed by atoms with E-state index in [0.717, 1.165) is 27.9 Å². The summed E-state index contributed by atoms with van der Waals surface area (Å²) in [6, 6.07) is 17.7. The summed E-state index contributed by atoms with van der Waals surface area (Å²) in [5, 5.41) is 4.02. The molecule has 2 aromatic carbocycles. The Morgan fingerprint density at radius 3 is 2.81 bits per heavy atom. The van der Waals surface area contributed by atoms with E-state index in [9.17, 15) is 4.79 Å². The van der Waals surface area contributed by atoms with Gasteiger partial charge in [0.1, 0.15) is 0 Å². The third-order valence-electron chi connectivity index (χ3n) is 4.38. The van der Waals surface area contributed by atoms with Crippen molar-refractivity contribution in [1.82, 2.24) is 9.55 Å². The molecule has 4 aromatic rings. The molecule has 5 nitrogen and oxygen atoms in total. The van der Waals surface area contributed by atoms with Gasteiger partial charge >= 0.3 is 0 Å². The van der Waals surface area contributed by atoms with Gasteiger partial charge < -0.3 is 14.3 Å². The number of nitrogens with zero attached hydrogens (tertiary/aromatic N) is 2. The summed E-state index contributed by atoms with van der Waals surface area (Å²) in [6.07, 6.45) is 4.47. The van der Waals surface area contributed by atoms with Crippen LogP contribution in [0, 0.1) is 0 Å². The minimum Gasteiger partial charge on any atom is -0.441 e. The lowest BCUT2D eigenvalue weighted by molar-refractivity contribution is -0.116. The average Bonchev–Trinajstić information content (AvgIpc) is 3.29. The Hall–Kier alpha value is -3.34. The summed E-state index contributed by atoms with van der Waals surface area (Å²) in [4.78, 5) is 16.6. The maximum absolute atomic E-state index is 12.3. The molecule has 0 saturated heterocycles. The normalized spacial score (nSPS) is 11.0. The Kier molecular flexibility index (Phi) is 4.27. The third kappa shape index (κ3) is 3.24. The Balaban J connectivity index is 1.41. The van der Waals surface area contributed by atoms with E-state index in [1.807, 2.05) is 72.4 Å². The van der Waals surface area contributed by atoms with Crippen LogP contribution in [0.15, 0.2) is 71.4 Å². The highest BCUT2D eigenvalue weighted by molar-refractivity contribution is 6.01. The number of carbonyl (C=O) groups excluding carboxylic acids is 1. The second-order valence-corrected chi connectivity index (χ2v) is 6.20. The van der Waals surface area contributed by atoms with Crippen molar-refractivity contribution in [2.75, 3.05) is 5.32 Å². The van der Waals surface area contributed by atoms with E-state index in [2.05, 4.69) is 10.3 Å². The van der Waals surface area contributed by atoms with Crippen molar-refractivity contribution in [2.45, 2.75) is 12.8 Å². The molecule has 0 spiro atoms. The quantitative estimate of drug-likeness (QED) is 0.583. The largest absolute Gasteiger partial charge is 0.441 e. The number of aryl methyl sites for hydroxylation is 2. The number of nitrogens with one attached hydrogen (secondary N) is 1. The van der Waals surface area contributed by atoms with E-state index in [1.54, 1.807) is 6.20 Å². The molecule has 0 unspecified atom stereocenters. The number of rotatable bonds is 5. The first-order valence-electron chi connectivity index (χ1n) is 8.55. The fraction of sp³-hybridized carbons (Fsp3) is 0.143. The van der Waals surface area contributed by atoms with Gasteiger partial charge in [0.15, 0.2) is 11.7 Å². The first kappa shape index (κ1) is 16.1. The molecule has 0 aliphatic rings. The number of amides is 1. The van der Waals surface area contributed by atoms with E-state index >= 15 is 0 Å². The van der Waals surface area contributed by atoms with Gasteiger partial charge in [-0.1, -0.05) is 36.4 Å². The predicted octanol–water partition coefficient (Wildman–Crippen LogP) is 4.40. The smallest absolute Gasteiger partial charge is 0.224 e. The van der Waals surface area contributed by atoms with Crippen molar-refractivity contribution < 1.29 is 9.21 Å². The molecule has 1 amide bonds. The second kappa shape index (κ2) is 6.88. The molecule has 1 N–H and O–H groups in total. The Labute approximate surface area is 151 Å². The highest BCUT2D eigenvalue weighted by atomic mass is 16.4. The van der Waals surface area contributed by atoms with Crippen LogP contribution >= 0.6 is 0 Å². The minimum absolute atomic E-state index is 0.0548. The van der Waals surface area contributed by atoms with E-state index < -0.39 is 0 Å². The zero-order chi connectivity index (χ0) is 17.9. The van der Waals surface area contributed by atoms with Gasteiger partial charge in [-0.2, -0.15) is 0 Å². The fourth-order valence-electron chi connectivity index (χ4n) is 3.01. The van der Waals surface area contributed by atoms with Crippen LogP contribution < -0.4 is 5.32 Å². The van der Waals surface area contributed by atoms with Crippen LogP contribution in [0.3, 0.4) is 0 Å². The minimum atomic E-state index is -0.0548. The van der Waals surface area contributed by atoms with Gasteiger partial charge in [0.25, 0.3) is 0 Å². The maximum atomic E-state index is 12.3. The van der Waals surface area contributed by atoms with Crippen LogP contribution in [0.25, 0.3) is 22.2 Å². The van der Waals surface area contributed by atoms with Crippen LogP contribution in [0.1, 0.15) is 12.3 Å². The Bertz CT molecular complexity index is 1050. The average molecular weight is 345 g/mol. The van der Waals surface area contributed by atoms with Gasteiger partial charge in [-0.15, -0.1) is 0 Å². The molecule has 4 rings (SSSR count). The Morgan fingerprint density at radius 2 is 1.96 bits per heavy atom. The van der Waals surface area contributed by atoms with E-state index in [4.69, 9.17) is 4.42 Å². The highest BCUT2D eigenvalue weighted by Crippen LogP contribution is 2.24. The van der Waals surface area contributed by atoms with Gasteiger partial charge in [-0.05, 0) is 18.2 Å². The molecule has 0 atom stereocenters. The molecule has 2 heterocycles. The molecule has 0 fully saturated rings. The number of aromatic nitrogens is 2. The van der Waals surface area contributed by atoms with E-state index in [-0.39, 0.29) is 5.91 Å². The van der Waals surface area contributed by atoms with Crippen molar-refractivity contribution in [2.24, 2.45) is 7.05 Å². The molecule has 26 heavy (non-hydrogen) atoms. The van der Waals surface area contributed by atoms with Crippen molar-refractivity contribution in [3.05, 3.63) is 72.9 Å². The van der Waals surface area contributed by atoms with Gasteiger partial charge in [0.05, 0.1) is 11.9 Å².